The summed E-state index contributed by atoms with van der Waals surface area (Å²) >= 11 is 0. The Morgan fingerprint density at radius 3 is 2.39 bits per heavy atom. The van der Waals surface area contributed by atoms with Crippen LogP contribution in [0.25, 0.3) is 0 Å². The first kappa shape index (κ1) is 24.7. The summed E-state index contributed by atoms with van der Waals surface area (Å²) in [7, 11) is 0. The topological polar surface area (TPSA) is 82.5 Å². The molecule has 0 radical (unpaired) electrons. The second-order valence-electron chi connectivity index (χ2n) is 8.27. The van der Waals surface area contributed by atoms with Gasteiger partial charge in [-0.3, -0.25) is 9.88 Å². The van der Waals surface area contributed by atoms with Crippen molar-refractivity contribution in [2.24, 2.45) is 5.41 Å². The van der Waals surface area contributed by atoms with Gasteiger partial charge in [0.2, 0.25) is 0 Å². The number of alkyl halides is 5. The lowest BCUT2D eigenvalue weighted by Crippen LogP contribution is -2.56. The van der Waals surface area contributed by atoms with E-state index in [0.717, 1.165) is 11.4 Å². The van der Waals surface area contributed by atoms with Gasteiger partial charge in [0.15, 0.2) is 5.82 Å². The number of carboxylic acids is 1. The molecule has 7 nitrogen and oxygen atoms in total. The van der Waals surface area contributed by atoms with E-state index in [2.05, 4.69) is 20.1 Å². The highest BCUT2D eigenvalue weighted by Gasteiger charge is 2.59. The standard InChI is InChI=1S/C19H23F2N5.C2HF3O2/c1-15-5-6-17(24-23-15)26-11-7-18(14-26)13-25(10-8-19(18,20)21)12-16-4-2-3-9-22-16;3-2(4,5)1(6)7/h2-6,9H,7-8,10-14H2,1H3;(H,6,7). The highest BCUT2D eigenvalue weighted by Crippen LogP contribution is 2.50. The molecule has 0 bridgehead atoms. The summed E-state index contributed by atoms with van der Waals surface area (Å²) < 4.78 is 61.6. The number of rotatable bonds is 3. The van der Waals surface area contributed by atoms with Gasteiger partial charge < -0.3 is 10.0 Å². The van der Waals surface area contributed by atoms with E-state index in [-0.39, 0.29) is 6.42 Å². The number of aromatic nitrogens is 3. The minimum Gasteiger partial charge on any atom is -0.475 e. The molecule has 2 saturated heterocycles. The van der Waals surface area contributed by atoms with E-state index in [4.69, 9.17) is 9.90 Å². The van der Waals surface area contributed by atoms with Crippen molar-refractivity contribution in [3.8, 4) is 0 Å². The van der Waals surface area contributed by atoms with Crippen molar-refractivity contribution >= 4 is 11.8 Å². The molecule has 2 aromatic rings. The largest absolute Gasteiger partial charge is 0.490 e. The van der Waals surface area contributed by atoms with E-state index in [0.29, 0.717) is 45.0 Å². The second kappa shape index (κ2) is 9.54. The summed E-state index contributed by atoms with van der Waals surface area (Å²) in [4.78, 5) is 17.3. The third kappa shape index (κ3) is 5.92. The van der Waals surface area contributed by atoms with Crippen LogP contribution in [0.5, 0.6) is 0 Å². The van der Waals surface area contributed by atoms with E-state index in [1.807, 2.05) is 42.2 Å². The first-order chi connectivity index (χ1) is 15.4. The van der Waals surface area contributed by atoms with Gasteiger partial charge in [-0.15, -0.1) is 5.10 Å². The molecule has 12 heteroatoms. The van der Waals surface area contributed by atoms with E-state index in [9.17, 15) is 22.0 Å². The van der Waals surface area contributed by atoms with Gasteiger partial charge in [-0.2, -0.15) is 18.3 Å². The van der Waals surface area contributed by atoms with E-state index >= 15 is 0 Å². The van der Waals surface area contributed by atoms with Crippen molar-refractivity contribution in [3.63, 3.8) is 0 Å². The maximum atomic E-state index is 14.9. The van der Waals surface area contributed by atoms with Crippen molar-refractivity contribution in [1.82, 2.24) is 20.1 Å². The molecule has 4 rings (SSSR count). The number of likely N-dealkylation sites (tertiary alicyclic amines) is 1. The molecule has 2 fully saturated rings. The fraction of sp³-hybridized carbons (Fsp3) is 0.524. The Balaban J connectivity index is 0.000000383. The summed E-state index contributed by atoms with van der Waals surface area (Å²) in [5.41, 5.74) is 0.714. The molecule has 0 aromatic carbocycles. The number of pyridine rings is 1. The van der Waals surface area contributed by atoms with Gasteiger partial charge in [-0.25, -0.2) is 13.6 Å². The fourth-order valence-corrected chi connectivity index (χ4v) is 4.10. The van der Waals surface area contributed by atoms with Crippen LogP contribution in [0.1, 0.15) is 24.2 Å². The molecule has 2 aliphatic rings. The van der Waals surface area contributed by atoms with Crippen LogP contribution in [0.2, 0.25) is 0 Å². The third-order valence-electron chi connectivity index (χ3n) is 5.86. The monoisotopic (exact) mass is 473 g/mol. The Hall–Kier alpha value is -2.89. The quantitative estimate of drug-likeness (QED) is 0.683. The molecule has 1 atom stereocenters. The van der Waals surface area contributed by atoms with Crippen molar-refractivity contribution < 1.29 is 31.9 Å². The van der Waals surface area contributed by atoms with Crippen LogP contribution < -0.4 is 4.90 Å². The summed E-state index contributed by atoms with van der Waals surface area (Å²) in [6.45, 7) is 4.17. The first-order valence-electron chi connectivity index (χ1n) is 10.3. The highest BCUT2D eigenvalue weighted by molar-refractivity contribution is 5.73. The minimum atomic E-state index is -5.08. The van der Waals surface area contributed by atoms with Gasteiger partial charge in [0.1, 0.15) is 0 Å². The molecule has 0 amide bonds. The van der Waals surface area contributed by atoms with Crippen LogP contribution in [0.15, 0.2) is 36.5 Å². The Bertz CT molecular complexity index is 942. The van der Waals surface area contributed by atoms with Gasteiger partial charge >= 0.3 is 12.1 Å². The molecule has 33 heavy (non-hydrogen) atoms. The number of halogens is 5. The molecular formula is C21H24F5N5O2. The Morgan fingerprint density at radius 1 is 1.09 bits per heavy atom. The van der Waals surface area contributed by atoms with Crippen LogP contribution in [-0.2, 0) is 11.3 Å². The number of carbonyl (C=O) groups is 1. The zero-order valence-corrected chi connectivity index (χ0v) is 17.9. The highest BCUT2D eigenvalue weighted by atomic mass is 19.4. The van der Waals surface area contributed by atoms with Crippen molar-refractivity contribution in [1.29, 1.82) is 0 Å². The van der Waals surface area contributed by atoms with Gasteiger partial charge in [0.25, 0.3) is 5.92 Å². The summed E-state index contributed by atoms with van der Waals surface area (Å²) in [6.07, 6.45) is -2.97. The SMILES string of the molecule is Cc1ccc(N2CCC3(CN(Cc4ccccn4)CCC3(F)F)C2)nn1.O=C(O)C(F)(F)F. The lowest BCUT2D eigenvalue weighted by molar-refractivity contribution is -0.192. The third-order valence-corrected chi connectivity index (χ3v) is 5.86. The van der Waals surface area contributed by atoms with Crippen molar-refractivity contribution in [2.75, 3.05) is 31.1 Å². The van der Waals surface area contributed by atoms with Gasteiger partial charge in [0.05, 0.1) is 16.8 Å². The maximum Gasteiger partial charge on any atom is 0.490 e. The predicted octanol–water partition coefficient (Wildman–Crippen LogP) is 3.55. The zero-order chi connectivity index (χ0) is 24.3. The lowest BCUT2D eigenvalue weighted by atomic mass is 9.75. The fourth-order valence-electron chi connectivity index (χ4n) is 4.10. The second-order valence-corrected chi connectivity index (χ2v) is 8.27. The molecule has 1 N–H and O–H groups in total. The van der Waals surface area contributed by atoms with Gasteiger partial charge in [-0.1, -0.05) is 6.07 Å². The number of anilines is 1. The molecule has 1 unspecified atom stereocenters. The van der Waals surface area contributed by atoms with E-state index in [1.165, 1.54) is 0 Å². The zero-order valence-electron chi connectivity index (χ0n) is 17.9. The molecule has 1 spiro atoms. The van der Waals surface area contributed by atoms with Crippen molar-refractivity contribution in [2.45, 2.75) is 38.4 Å². The maximum absolute atomic E-state index is 14.9. The molecule has 2 aromatic heterocycles. The molecule has 0 aliphatic carbocycles. The summed E-state index contributed by atoms with van der Waals surface area (Å²) in [6, 6.07) is 9.49. The molecule has 180 valence electrons. The van der Waals surface area contributed by atoms with Crippen LogP contribution in [-0.4, -0.2) is 69.4 Å². The molecule has 2 aliphatic heterocycles. The summed E-state index contributed by atoms with van der Waals surface area (Å²) in [5, 5.41) is 15.4. The molecule has 0 saturated carbocycles. The first-order valence-corrected chi connectivity index (χ1v) is 10.3. The number of hydrogen-bond donors (Lipinski definition) is 1. The van der Waals surface area contributed by atoms with Crippen LogP contribution in [0, 0.1) is 12.3 Å². The Labute approximate surface area is 187 Å². The summed E-state index contributed by atoms with van der Waals surface area (Å²) in [5.74, 6) is -4.74. The van der Waals surface area contributed by atoms with Crippen LogP contribution in [0.4, 0.5) is 27.8 Å². The molecule has 4 heterocycles. The number of carboxylic acid groups (broad SMARTS) is 1. The van der Waals surface area contributed by atoms with Crippen LogP contribution in [0.3, 0.4) is 0 Å². The number of hydrogen-bond acceptors (Lipinski definition) is 6. The Morgan fingerprint density at radius 2 is 1.82 bits per heavy atom. The Kier molecular flexibility index (Phi) is 7.15. The minimum absolute atomic E-state index is 0.104. The van der Waals surface area contributed by atoms with E-state index < -0.39 is 23.5 Å². The smallest absolute Gasteiger partial charge is 0.475 e. The lowest BCUT2D eigenvalue weighted by Gasteiger charge is -2.45. The number of nitrogens with zero attached hydrogens (tertiary/aromatic N) is 5. The van der Waals surface area contributed by atoms with Crippen molar-refractivity contribution in [3.05, 3.63) is 47.9 Å². The number of piperidine rings is 1. The van der Waals surface area contributed by atoms with Crippen LogP contribution >= 0.6 is 0 Å². The number of aryl methyl sites for hydroxylation is 1. The van der Waals surface area contributed by atoms with Gasteiger partial charge in [-0.05, 0) is 37.6 Å². The van der Waals surface area contributed by atoms with Gasteiger partial charge in [0, 0.05) is 45.3 Å². The van der Waals surface area contributed by atoms with E-state index in [1.54, 1.807) is 6.20 Å². The average Bonchev–Trinajstić information content (AvgIpc) is 3.18. The normalized spacial score (nSPS) is 22.7. The average molecular weight is 473 g/mol. The predicted molar refractivity (Wildman–Crippen MR) is 109 cm³/mol. The number of aliphatic carboxylic acids is 1. The molecular weight excluding hydrogens is 449 g/mol.